The quantitative estimate of drug-likeness (QED) is 0.896. The van der Waals surface area contributed by atoms with E-state index >= 15 is 0 Å². The van der Waals surface area contributed by atoms with E-state index in [1.165, 1.54) is 37.7 Å². The Kier molecular flexibility index (Phi) is 4.03. The monoisotopic (exact) mass is 279 g/mol. The average Bonchev–Trinajstić information content (AvgIpc) is 2.36. The highest BCUT2D eigenvalue weighted by Gasteiger charge is 2.38. The first-order valence-corrected chi connectivity index (χ1v) is 5.19. The van der Waals surface area contributed by atoms with Crippen LogP contribution in [0.2, 0.25) is 0 Å². The van der Waals surface area contributed by atoms with Crippen molar-refractivity contribution in [1.82, 2.24) is 5.32 Å². The van der Waals surface area contributed by atoms with Crippen molar-refractivity contribution in [2.45, 2.75) is 12.6 Å². The summed E-state index contributed by atoms with van der Waals surface area (Å²) in [5.41, 5.74) is 0.347. The minimum absolute atomic E-state index is 0.313. The van der Waals surface area contributed by atoms with Gasteiger partial charge in [-0.2, -0.15) is 13.2 Å². The van der Waals surface area contributed by atoms with Crippen molar-refractivity contribution < 1.29 is 30.2 Å². The fraction of sp³-hybridized carbons (Fsp3) is 0.417. The Bertz CT molecular complexity index is 521. The van der Waals surface area contributed by atoms with Gasteiger partial charge in [0.15, 0.2) is 11.5 Å². The molecule has 0 aliphatic carbocycles. The number of hydrogen-bond donors (Lipinski definition) is 1. The summed E-state index contributed by atoms with van der Waals surface area (Å²) in [6.07, 6.45) is -5.58. The molecule has 1 aromatic rings. The lowest BCUT2D eigenvalue weighted by molar-refractivity contribution is -0.173. The predicted octanol–water partition coefficient (Wildman–Crippen LogP) is 1.92. The first-order valence-electron chi connectivity index (χ1n) is 6.19. The molecule has 19 heavy (non-hydrogen) atoms. The molecule has 1 N–H and O–H groups in total. The first-order chi connectivity index (χ1) is 9.59. The standard InChI is InChI=1S/C12H14F3NO3/c1-18-9-4-3-8(7-10(9)19-2)5-6-16-11(17)12(13,14)15/h3-4,7H,5-6H2,1-2H3,(H,16,17)/i6D2. The number of halogens is 3. The van der Waals surface area contributed by atoms with Gasteiger partial charge in [0.05, 0.1) is 14.2 Å². The molecule has 4 nitrogen and oxygen atoms in total. The molecule has 0 heterocycles. The van der Waals surface area contributed by atoms with Crippen molar-refractivity contribution in [2.24, 2.45) is 0 Å². The van der Waals surface area contributed by atoms with E-state index in [1.807, 2.05) is 0 Å². The Morgan fingerprint density at radius 3 is 2.47 bits per heavy atom. The number of ether oxygens (including phenoxy) is 2. The number of aryl methyl sites for hydroxylation is 1. The third-order valence-electron chi connectivity index (χ3n) is 2.20. The molecule has 106 valence electrons. The van der Waals surface area contributed by atoms with Crippen LogP contribution in [0.4, 0.5) is 13.2 Å². The summed E-state index contributed by atoms with van der Waals surface area (Å²) in [6.45, 7) is -2.55. The number of amides is 1. The van der Waals surface area contributed by atoms with E-state index in [1.54, 1.807) is 0 Å². The Balaban J connectivity index is 2.86. The Morgan fingerprint density at radius 1 is 1.32 bits per heavy atom. The second kappa shape index (κ2) is 6.31. The number of carbonyl (C=O) groups excluding carboxylic acids is 1. The van der Waals surface area contributed by atoms with Crippen LogP contribution in [0.15, 0.2) is 18.2 Å². The van der Waals surface area contributed by atoms with Crippen molar-refractivity contribution in [2.75, 3.05) is 20.7 Å². The number of carbonyl (C=O) groups is 1. The summed E-state index contributed by atoms with van der Waals surface area (Å²) >= 11 is 0. The number of benzene rings is 1. The van der Waals surface area contributed by atoms with E-state index < -0.39 is 25.0 Å². The summed E-state index contributed by atoms with van der Waals surface area (Å²) < 4.78 is 61.3. The molecule has 0 unspecified atom stereocenters. The highest BCUT2D eigenvalue weighted by Crippen LogP contribution is 2.27. The second-order valence-corrected chi connectivity index (χ2v) is 3.49. The van der Waals surface area contributed by atoms with Gasteiger partial charge in [-0.25, -0.2) is 0 Å². The molecular weight excluding hydrogens is 263 g/mol. The van der Waals surface area contributed by atoms with E-state index in [0.717, 1.165) is 0 Å². The predicted molar refractivity (Wildman–Crippen MR) is 62.3 cm³/mol. The minimum atomic E-state index is -5.13. The maximum absolute atomic E-state index is 12.1. The van der Waals surface area contributed by atoms with Gasteiger partial charge >= 0.3 is 12.1 Å². The van der Waals surface area contributed by atoms with Gasteiger partial charge in [0.25, 0.3) is 0 Å². The van der Waals surface area contributed by atoms with Crippen LogP contribution in [0.25, 0.3) is 0 Å². The third kappa shape index (κ3) is 4.35. The summed E-state index contributed by atoms with van der Waals surface area (Å²) in [5, 5.41) is 1.31. The third-order valence-corrected chi connectivity index (χ3v) is 2.20. The molecule has 0 saturated heterocycles. The normalized spacial score (nSPS) is 13.3. The minimum Gasteiger partial charge on any atom is -0.493 e. The molecule has 0 bridgehead atoms. The molecule has 0 aliphatic rings. The Labute approximate surface area is 111 Å². The van der Waals surface area contributed by atoms with E-state index in [4.69, 9.17) is 12.2 Å². The fourth-order valence-corrected chi connectivity index (χ4v) is 1.29. The summed E-state index contributed by atoms with van der Waals surface area (Å²) in [6, 6.07) is 4.39. The molecule has 0 aromatic heterocycles. The average molecular weight is 279 g/mol. The summed E-state index contributed by atoms with van der Waals surface area (Å²) in [5.74, 6) is -1.61. The summed E-state index contributed by atoms with van der Waals surface area (Å²) in [4.78, 5) is 10.8. The maximum atomic E-state index is 12.1. The smallest absolute Gasteiger partial charge is 0.471 e. The molecule has 0 atom stereocenters. The highest BCUT2D eigenvalue weighted by molar-refractivity contribution is 5.81. The van der Waals surface area contributed by atoms with Crippen molar-refractivity contribution in [1.29, 1.82) is 0 Å². The van der Waals surface area contributed by atoms with Crippen LogP contribution in [0.3, 0.4) is 0 Å². The van der Waals surface area contributed by atoms with Gasteiger partial charge < -0.3 is 14.8 Å². The van der Waals surface area contributed by atoms with Gasteiger partial charge in [-0.15, -0.1) is 0 Å². The molecular formula is C12H14F3NO3. The van der Waals surface area contributed by atoms with Gasteiger partial charge in [0, 0.05) is 9.24 Å². The van der Waals surface area contributed by atoms with Crippen LogP contribution in [0.1, 0.15) is 8.30 Å². The molecule has 1 rings (SSSR count). The fourth-order valence-electron chi connectivity index (χ4n) is 1.29. The van der Waals surface area contributed by atoms with Crippen LogP contribution in [0, 0.1) is 0 Å². The zero-order valence-corrected chi connectivity index (χ0v) is 10.3. The Hall–Kier alpha value is -1.92. The Morgan fingerprint density at radius 2 is 1.95 bits per heavy atom. The second-order valence-electron chi connectivity index (χ2n) is 3.49. The molecule has 0 aliphatic heterocycles. The highest BCUT2D eigenvalue weighted by atomic mass is 19.4. The van der Waals surface area contributed by atoms with E-state index in [9.17, 15) is 18.0 Å². The van der Waals surface area contributed by atoms with Crippen LogP contribution in [-0.4, -0.2) is 32.8 Å². The number of hydrogen-bond acceptors (Lipinski definition) is 3. The van der Waals surface area contributed by atoms with E-state index in [2.05, 4.69) is 0 Å². The van der Waals surface area contributed by atoms with E-state index in [-0.39, 0.29) is 0 Å². The zero-order valence-electron chi connectivity index (χ0n) is 12.3. The van der Waals surface area contributed by atoms with Crippen molar-refractivity contribution in [3.05, 3.63) is 23.8 Å². The molecule has 0 saturated carbocycles. The molecule has 0 spiro atoms. The van der Waals surface area contributed by atoms with Crippen molar-refractivity contribution in [3.63, 3.8) is 0 Å². The number of methoxy groups -OCH3 is 2. The molecule has 7 heteroatoms. The van der Waals surface area contributed by atoms with Gasteiger partial charge in [0.1, 0.15) is 0 Å². The molecule has 0 fully saturated rings. The van der Waals surface area contributed by atoms with Gasteiger partial charge in [-0.1, -0.05) is 6.07 Å². The maximum Gasteiger partial charge on any atom is 0.471 e. The van der Waals surface area contributed by atoms with Crippen LogP contribution >= 0.6 is 0 Å². The van der Waals surface area contributed by atoms with Gasteiger partial charge in [-0.05, 0) is 24.1 Å². The van der Waals surface area contributed by atoms with Crippen molar-refractivity contribution >= 4 is 5.91 Å². The molecule has 1 amide bonds. The van der Waals surface area contributed by atoms with Crippen LogP contribution in [0.5, 0.6) is 11.5 Å². The van der Waals surface area contributed by atoms with Crippen LogP contribution < -0.4 is 14.8 Å². The van der Waals surface area contributed by atoms with Crippen molar-refractivity contribution in [3.8, 4) is 11.5 Å². The summed E-state index contributed by atoms with van der Waals surface area (Å²) in [7, 11) is 2.79. The lowest BCUT2D eigenvalue weighted by Gasteiger charge is -2.10. The molecule has 1 aromatic carbocycles. The lowest BCUT2D eigenvalue weighted by atomic mass is 10.1. The number of nitrogens with one attached hydrogen (secondary N) is 1. The number of alkyl halides is 3. The largest absolute Gasteiger partial charge is 0.493 e. The topological polar surface area (TPSA) is 47.6 Å². The zero-order chi connectivity index (χ0) is 16.3. The van der Waals surface area contributed by atoms with E-state index in [0.29, 0.717) is 17.1 Å². The van der Waals surface area contributed by atoms with Crippen LogP contribution in [-0.2, 0) is 11.2 Å². The van der Waals surface area contributed by atoms with Gasteiger partial charge in [-0.3, -0.25) is 4.79 Å². The first kappa shape index (κ1) is 12.1. The van der Waals surface area contributed by atoms with Gasteiger partial charge in [0.2, 0.25) is 0 Å². The SMILES string of the molecule is [2H]C([2H])(Cc1ccc(OC)c(OC)c1)NC(=O)C(F)(F)F. The number of rotatable bonds is 5. The lowest BCUT2D eigenvalue weighted by Crippen LogP contribution is -2.37. The molecule has 0 radical (unpaired) electrons.